The van der Waals surface area contributed by atoms with Crippen LogP contribution in [0.25, 0.3) is 0 Å². The Morgan fingerprint density at radius 3 is 2.76 bits per heavy atom. The van der Waals surface area contributed by atoms with Crippen LogP contribution in [0.15, 0.2) is 42.7 Å². The number of halogens is 1. The molecule has 0 amide bonds. The van der Waals surface area contributed by atoms with Crippen molar-refractivity contribution in [3.05, 3.63) is 53.3 Å². The van der Waals surface area contributed by atoms with Gasteiger partial charge in [0.15, 0.2) is 0 Å². The molecule has 1 heterocycles. The highest BCUT2D eigenvalue weighted by atomic mass is 35.5. The number of anilines is 2. The first kappa shape index (κ1) is 15.6. The first-order valence-electron chi connectivity index (χ1n) is 7.29. The zero-order chi connectivity index (χ0) is 15.2. The van der Waals surface area contributed by atoms with Gasteiger partial charge in [0, 0.05) is 18.6 Å². The lowest BCUT2D eigenvalue weighted by Gasteiger charge is -2.28. The summed E-state index contributed by atoms with van der Waals surface area (Å²) >= 11 is 6.30. The average molecular weight is 304 g/mol. The van der Waals surface area contributed by atoms with Gasteiger partial charge >= 0.3 is 0 Å². The Bertz CT molecular complexity index is 586. The summed E-state index contributed by atoms with van der Waals surface area (Å²) in [7, 11) is 2.06. The third-order valence-corrected chi connectivity index (χ3v) is 3.99. The van der Waals surface area contributed by atoms with E-state index in [1.165, 1.54) is 0 Å². The number of hydrogen-bond acceptors (Lipinski definition) is 3. The molecule has 0 spiro atoms. The van der Waals surface area contributed by atoms with E-state index in [2.05, 4.69) is 48.2 Å². The van der Waals surface area contributed by atoms with E-state index in [9.17, 15) is 0 Å². The van der Waals surface area contributed by atoms with Crippen LogP contribution in [0.2, 0.25) is 5.02 Å². The number of nitrogens with zero attached hydrogens (tertiary/aromatic N) is 2. The molecule has 3 nitrogen and oxygen atoms in total. The zero-order valence-electron chi connectivity index (χ0n) is 12.8. The lowest BCUT2D eigenvalue weighted by molar-refractivity contribution is 0.738. The van der Waals surface area contributed by atoms with Crippen LogP contribution in [0.1, 0.15) is 31.9 Å². The molecule has 0 saturated heterocycles. The van der Waals surface area contributed by atoms with Gasteiger partial charge in [0.1, 0.15) is 0 Å². The summed E-state index contributed by atoms with van der Waals surface area (Å²) in [6, 6.07) is 10.3. The Morgan fingerprint density at radius 2 is 2.05 bits per heavy atom. The monoisotopic (exact) mass is 303 g/mol. The molecule has 1 aromatic heterocycles. The van der Waals surface area contributed by atoms with Crippen LogP contribution in [0.4, 0.5) is 11.4 Å². The predicted octanol–water partition coefficient (Wildman–Crippen LogP) is 4.75. The molecule has 0 aliphatic carbocycles. The Balaban J connectivity index is 2.19. The van der Waals surface area contributed by atoms with Crippen molar-refractivity contribution in [2.45, 2.75) is 26.3 Å². The normalized spacial score (nSPS) is 12.0. The summed E-state index contributed by atoms with van der Waals surface area (Å²) < 4.78 is 0. The van der Waals surface area contributed by atoms with E-state index in [0.717, 1.165) is 34.9 Å². The van der Waals surface area contributed by atoms with Crippen LogP contribution < -0.4 is 10.2 Å². The maximum Gasteiger partial charge on any atom is 0.0575 e. The molecule has 1 unspecified atom stereocenters. The molecule has 1 atom stereocenters. The molecule has 2 rings (SSSR count). The molecule has 2 aromatic rings. The molecule has 1 N–H and O–H groups in total. The second kappa shape index (κ2) is 7.32. The summed E-state index contributed by atoms with van der Waals surface area (Å²) in [5.41, 5.74) is 3.24. The van der Waals surface area contributed by atoms with Crippen LogP contribution in [0, 0.1) is 0 Å². The Morgan fingerprint density at radius 1 is 1.29 bits per heavy atom. The van der Waals surface area contributed by atoms with Crippen molar-refractivity contribution in [1.82, 2.24) is 4.98 Å². The predicted molar refractivity (Wildman–Crippen MR) is 91.3 cm³/mol. The van der Waals surface area contributed by atoms with Crippen LogP contribution in [-0.2, 0) is 0 Å². The molecule has 1 aromatic carbocycles. The summed E-state index contributed by atoms with van der Waals surface area (Å²) in [5, 5.41) is 4.16. The van der Waals surface area contributed by atoms with Gasteiger partial charge in [0.05, 0.1) is 29.8 Å². The fourth-order valence-corrected chi connectivity index (χ4v) is 2.53. The molecule has 0 fully saturated rings. The molecular formula is C17H22ClN3. The quantitative estimate of drug-likeness (QED) is 0.834. The molecule has 21 heavy (non-hydrogen) atoms. The lowest BCUT2D eigenvalue weighted by Crippen LogP contribution is -2.22. The van der Waals surface area contributed by atoms with Gasteiger partial charge in [-0.3, -0.25) is 4.98 Å². The van der Waals surface area contributed by atoms with E-state index in [-0.39, 0.29) is 6.04 Å². The van der Waals surface area contributed by atoms with Gasteiger partial charge in [-0.25, -0.2) is 0 Å². The minimum absolute atomic E-state index is 0.182. The van der Waals surface area contributed by atoms with E-state index in [4.69, 9.17) is 11.6 Å². The maximum atomic E-state index is 6.30. The van der Waals surface area contributed by atoms with Crippen molar-refractivity contribution < 1.29 is 0 Å². The molecule has 0 bridgehead atoms. The number of aromatic nitrogens is 1. The average Bonchev–Trinajstić information content (AvgIpc) is 2.52. The number of hydrogen-bond donors (Lipinski definition) is 1. The first-order valence-corrected chi connectivity index (χ1v) is 7.67. The Hall–Kier alpha value is -1.74. The van der Waals surface area contributed by atoms with Crippen LogP contribution in [0.3, 0.4) is 0 Å². The van der Waals surface area contributed by atoms with E-state index in [1.807, 2.05) is 30.6 Å². The molecule has 0 saturated carbocycles. The van der Waals surface area contributed by atoms with Crippen LogP contribution >= 0.6 is 11.6 Å². The number of nitrogens with one attached hydrogen (secondary N) is 1. The van der Waals surface area contributed by atoms with Gasteiger partial charge in [-0.1, -0.05) is 36.7 Å². The van der Waals surface area contributed by atoms with Gasteiger partial charge < -0.3 is 10.2 Å². The second-order valence-corrected chi connectivity index (χ2v) is 5.57. The topological polar surface area (TPSA) is 28.2 Å². The molecule has 4 heteroatoms. The van der Waals surface area contributed by atoms with Gasteiger partial charge in [0.25, 0.3) is 0 Å². The summed E-state index contributed by atoms with van der Waals surface area (Å²) in [5.74, 6) is 0. The van der Waals surface area contributed by atoms with Crippen molar-refractivity contribution in [3.8, 4) is 0 Å². The van der Waals surface area contributed by atoms with Gasteiger partial charge in [-0.2, -0.15) is 0 Å². The fourth-order valence-electron chi connectivity index (χ4n) is 2.23. The van der Waals surface area contributed by atoms with E-state index in [1.54, 1.807) is 0 Å². The Kier molecular flexibility index (Phi) is 5.45. The highest BCUT2D eigenvalue weighted by Gasteiger charge is 2.15. The summed E-state index contributed by atoms with van der Waals surface area (Å²) in [4.78, 5) is 6.51. The summed E-state index contributed by atoms with van der Waals surface area (Å²) in [6.45, 7) is 5.25. The minimum atomic E-state index is 0.182. The van der Waals surface area contributed by atoms with Crippen molar-refractivity contribution in [3.63, 3.8) is 0 Å². The standard InChI is InChI=1S/C17H22ClN3/c1-4-9-20-14-10-15(12-19-11-14)21(3)13(2)16-7-5-6-8-17(16)18/h5-8,10-13,20H,4,9H2,1-3H3. The van der Waals surface area contributed by atoms with Crippen molar-refractivity contribution in [1.29, 1.82) is 0 Å². The second-order valence-electron chi connectivity index (χ2n) is 5.17. The van der Waals surface area contributed by atoms with Crippen LogP contribution in [-0.4, -0.2) is 18.6 Å². The van der Waals surface area contributed by atoms with Gasteiger partial charge in [-0.05, 0) is 31.0 Å². The molecule has 0 aliphatic rings. The highest BCUT2D eigenvalue weighted by Crippen LogP contribution is 2.30. The summed E-state index contributed by atoms with van der Waals surface area (Å²) in [6.07, 6.45) is 4.83. The van der Waals surface area contributed by atoms with Gasteiger partial charge in [-0.15, -0.1) is 0 Å². The van der Waals surface area contributed by atoms with E-state index < -0.39 is 0 Å². The SMILES string of the molecule is CCCNc1cncc(N(C)C(C)c2ccccc2Cl)c1. The van der Waals surface area contributed by atoms with Crippen molar-refractivity contribution in [2.24, 2.45) is 0 Å². The van der Waals surface area contributed by atoms with Crippen LogP contribution in [0.5, 0.6) is 0 Å². The van der Waals surface area contributed by atoms with E-state index in [0.29, 0.717) is 0 Å². The first-order chi connectivity index (χ1) is 10.1. The smallest absolute Gasteiger partial charge is 0.0575 e. The zero-order valence-corrected chi connectivity index (χ0v) is 13.6. The highest BCUT2D eigenvalue weighted by molar-refractivity contribution is 6.31. The largest absolute Gasteiger partial charge is 0.384 e. The maximum absolute atomic E-state index is 6.30. The van der Waals surface area contributed by atoms with E-state index >= 15 is 0 Å². The fraction of sp³-hybridized carbons (Fsp3) is 0.353. The molecule has 112 valence electrons. The molecule has 0 aliphatic heterocycles. The van der Waals surface area contributed by atoms with Gasteiger partial charge in [0.2, 0.25) is 0 Å². The third-order valence-electron chi connectivity index (χ3n) is 3.65. The number of pyridine rings is 1. The number of rotatable bonds is 6. The molecule has 0 radical (unpaired) electrons. The number of benzene rings is 1. The molecular weight excluding hydrogens is 282 g/mol. The third kappa shape index (κ3) is 3.88. The van der Waals surface area contributed by atoms with Crippen molar-refractivity contribution >= 4 is 23.0 Å². The lowest BCUT2D eigenvalue weighted by atomic mass is 10.1. The Labute approximate surface area is 132 Å². The van der Waals surface area contributed by atoms with Crippen molar-refractivity contribution in [2.75, 3.05) is 23.8 Å². The minimum Gasteiger partial charge on any atom is -0.384 e.